The van der Waals surface area contributed by atoms with E-state index in [1.165, 1.54) is 5.56 Å². The van der Waals surface area contributed by atoms with Gasteiger partial charge in [-0.05, 0) is 42.9 Å². The first-order chi connectivity index (χ1) is 9.14. The average molecular weight is 256 g/mol. The van der Waals surface area contributed by atoms with E-state index in [9.17, 15) is 10.4 Å². The SMILES string of the molecule is CC1CNCCC1(O)C1(C#N)CCc2ccccc21. The Hall–Kier alpha value is -1.37. The summed E-state index contributed by atoms with van der Waals surface area (Å²) in [5, 5.41) is 24.5. The molecule has 1 fully saturated rings. The molecule has 0 spiro atoms. The molecule has 1 aliphatic heterocycles. The smallest absolute Gasteiger partial charge is 0.112 e. The molecule has 100 valence electrons. The topological polar surface area (TPSA) is 56.0 Å². The molecular weight excluding hydrogens is 236 g/mol. The summed E-state index contributed by atoms with van der Waals surface area (Å²) in [5.74, 6) is 0.0899. The van der Waals surface area contributed by atoms with Gasteiger partial charge >= 0.3 is 0 Å². The Labute approximate surface area is 114 Å². The van der Waals surface area contributed by atoms with Crippen molar-refractivity contribution in [1.82, 2.24) is 5.32 Å². The lowest BCUT2D eigenvalue weighted by molar-refractivity contribution is -0.0809. The van der Waals surface area contributed by atoms with Gasteiger partial charge < -0.3 is 10.4 Å². The number of nitrogens with zero attached hydrogens (tertiary/aromatic N) is 1. The molecule has 3 heteroatoms. The van der Waals surface area contributed by atoms with Crippen molar-refractivity contribution in [2.75, 3.05) is 13.1 Å². The molecular formula is C16H20N2O. The van der Waals surface area contributed by atoms with E-state index in [0.717, 1.165) is 31.5 Å². The number of rotatable bonds is 1. The van der Waals surface area contributed by atoms with E-state index < -0.39 is 11.0 Å². The number of benzene rings is 1. The number of aryl methyl sites for hydroxylation is 1. The summed E-state index contributed by atoms with van der Waals surface area (Å²) >= 11 is 0. The van der Waals surface area contributed by atoms with E-state index in [0.29, 0.717) is 6.42 Å². The van der Waals surface area contributed by atoms with Crippen LogP contribution in [0.15, 0.2) is 24.3 Å². The van der Waals surface area contributed by atoms with Crippen LogP contribution in [0.5, 0.6) is 0 Å². The average Bonchev–Trinajstić information content (AvgIpc) is 2.83. The maximum Gasteiger partial charge on any atom is 0.112 e. The number of hydrogen-bond donors (Lipinski definition) is 2. The Morgan fingerprint density at radius 1 is 1.37 bits per heavy atom. The van der Waals surface area contributed by atoms with Crippen LogP contribution >= 0.6 is 0 Å². The van der Waals surface area contributed by atoms with Gasteiger partial charge in [0.2, 0.25) is 0 Å². The molecule has 2 N–H and O–H groups in total. The van der Waals surface area contributed by atoms with E-state index in [2.05, 4.69) is 17.5 Å². The molecule has 3 rings (SSSR count). The molecule has 3 unspecified atom stereocenters. The summed E-state index contributed by atoms with van der Waals surface area (Å²) in [5.41, 5.74) is 0.627. The van der Waals surface area contributed by atoms with Crippen molar-refractivity contribution >= 4 is 0 Å². The monoisotopic (exact) mass is 256 g/mol. The number of nitriles is 1. The molecule has 0 aromatic heterocycles. The van der Waals surface area contributed by atoms with Crippen LogP contribution in [0.4, 0.5) is 0 Å². The third-order valence-corrected chi connectivity index (χ3v) is 5.13. The second-order valence-corrected chi connectivity index (χ2v) is 5.95. The summed E-state index contributed by atoms with van der Waals surface area (Å²) in [6.07, 6.45) is 2.28. The molecule has 1 aromatic carbocycles. The van der Waals surface area contributed by atoms with Crippen molar-refractivity contribution in [3.05, 3.63) is 35.4 Å². The van der Waals surface area contributed by atoms with Gasteiger partial charge in [-0.2, -0.15) is 5.26 Å². The minimum Gasteiger partial charge on any atom is -0.387 e. The lowest BCUT2D eigenvalue weighted by atomic mass is 9.61. The standard InChI is InChI=1S/C16H20N2O/c1-12-10-18-9-8-16(12,19)15(11-17)7-6-13-4-2-3-5-14(13)15/h2-5,12,18-19H,6-10H2,1H3. The fraction of sp³-hybridized carbons (Fsp3) is 0.562. The van der Waals surface area contributed by atoms with Gasteiger partial charge in [0, 0.05) is 6.54 Å². The highest BCUT2D eigenvalue weighted by Gasteiger charge is 2.57. The first kappa shape index (κ1) is 12.7. The molecule has 1 aliphatic carbocycles. The minimum atomic E-state index is -0.917. The first-order valence-electron chi connectivity index (χ1n) is 7.07. The first-order valence-corrected chi connectivity index (χ1v) is 7.07. The number of hydrogen-bond acceptors (Lipinski definition) is 3. The number of piperidine rings is 1. The molecule has 2 aliphatic rings. The normalized spacial score (nSPS) is 37.6. The molecule has 0 saturated carbocycles. The maximum atomic E-state index is 11.3. The van der Waals surface area contributed by atoms with Crippen molar-refractivity contribution in [3.63, 3.8) is 0 Å². The molecule has 1 heterocycles. The lowest BCUT2D eigenvalue weighted by Crippen LogP contribution is -2.60. The van der Waals surface area contributed by atoms with Gasteiger partial charge in [0.25, 0.3) is 0 Å². The van der Waals surface area contributed by atoms with Gasteiger partial charge in [0.15, 0.2) is 0 Å². The zero-order valence-corrected chi connectivity index (χ0v) is 11.3. The largest absolute Gasteiger partial charge is 0.387 e. The maximum absolute atomic E-state index is 11.3. The van der Waals surface area contributed by atoms with Crippen molar-refractivity contribution in [2.45, 2.75) is 37.2 Å². The predicted molar refractivity (Wildman–Crippen MR) is 73.7 cm³/mol. The second kappa shape index (κ2) is 4.33. The van der Waals surface area contributed by atoms with E-state index in [1.54, 1.807) is 0 Å². The summed E-state index contributed by atoms with van der Waals surface area (Å²) in [6, 6.07) is 10.6. The van der Waals surface area contributed by atoms with Crippen LogP contribution in [0.1, 0.15) is 30.9 Å². The van der Waals surface area contributed by atoms with E-state index >= 15 is 0 Å². The van der Waals surface area contributed by atoms with Gasteiger partial charge in [-0.1, -0.05) is 31.2 Å². The van der Waals surface area contributed by atoms with Crippen LogP contribution in [0.3, 0.4) is 0 Å². The van der Waals surface area contributed by atoms with Crippen LogP contribution in [0.25, 0.3) is 0 Å². The van der Waals surface area contributed by atoms with E-state index in [4.69, 9.17) is 0 Å². The molecule has 0 radical (unpaired) electrons. The van der Waals surface area contributed by atoms with Crippen LogP contribution < -0.4 is 5.32 Å². The fourth-order valence-corrected chi connectivity index (χ4v) is 3.92. The summed E-state index contributed by atoms with van der Waals surface area (Å²) in [6.45, 7) is 3.61. The van der Waals surface area contributed by atoms with E-state index in [-0.39, 0.29) is 5.92 Å². The van der Waals surface area contributed by atoms with Gasteiger partial charge in [0.1, 0.15) is 5.41 Å². The Kier molecular flexibility index (Phi) is 2.88. The second-order valence-electron chi connectivity index (χ2n) is 5.95. The van der Waals surface area contributed by atoms with Crippen molar-refractivity contribution in [2.24, 2.45) is 5.92 Å². The number of nitrogens with one attached hydrogen (secondary N) is 1. The van der Waals surface area contributed by atoms with Gasteiger partial charge in [-0.15, -0.1) is 0 Å². The fourth-order valence-electron chi connectivity index (χ4n) is 3.92. The zero-order chi connectivity index (χ0) is 13.5. The van der Waals surface area contributed by atoms with Crippen LogP contribution in [0.2, 0.25) is 0 Å². The Balaban J connectivity index is 2.13. The Bertz CT molecular complexity index is 536. The van der Waals surface area contributed by atoms with Crippen LogP contribution in [0, 0.1) is 17.2 Å². The van der Waals surface area contributed by atoms with Gasteiger partial charge in [-0.3, -0.25) is 0 Å². The van der Waals surface area contributed by atoms with Crippen molar-refractivity contribution in [1.29, 1.82) is 5.26 Å². The molecule has 1 saturated heterocycles. The van der Waals surface area contributed by atoms with Crippen molar-refractivity contribution in [3.8, 4) is 6.07 Å². The highest BCUT2D eigenvalue weighted by atomic mass is 16.3. The predicted octanol–water partition coefficient (Wildman–Crippen LogP) is 1.75. The number of fused-ring (bicyclic) bond motifs is 1. The molecule has 19 heavy (non-hydrogen) atoms. The summed E-state index contributed by atoms with van der Waals surface area (Å²) < 4.78 is 0. The lowest BCUT2D eigenvalue weighted by Gasteiger charge is -2.48. The molecule has 3 nitrogen and oxygen atoms in total. The highest BCUT2D eigenvalue weighted by molar-refractivity contribution is 5.48. The third-order valence-electron chi connectivity index (χ3n) is 5.13. The molecule has 0 amide bonds. The summed E-state index contributed by atoms with van der Waals surface area (Å²) in [4.78, 5) is 0. The minimum absolute atomic E-state index is 0.0899. The molecule has 1 aromatic rings. The Morgan fingerprint density at radius 3 is 2.89 bits per heavy atom. The molecule has 0 bridgehead atoms. The van der Waals surface area contributed by atoms with Crippen LogP contribution in [-0.4, -0.2) is 23.8 Å². The van der Waals surface area contributed by atoms with Gasteiger partial charge in [-0.25, -0.2) is 0 Å². The van der Waals surface area contributed by atoms with E-state index in [1.807, 2.05) is 25.1 Å². The van der Waals surface area contributed by atoms with Gasteiger partial charge in [0.05, 0.1) is 11.7 Å². The zero-order valence-electron chi connectivity index (χ0n) is 11.3. The summed E-state index contributed by atoms with van der Waals surface area (Å²) in [7, 11) is 0. The quantitative estimate of drug-likeness (QED) is 0.805. The number of aliphatic hydroxyl groups is 1. The van der Waals surface area contributed by atoms with Crippen molar-refractivity contribution < 1.29 is 5.11 Å². The molecule has 3 atom stereocenters. The van der Waals surface area contributed by atoms with Crippen LogP contribution in [-0.2, 0) is 11.8 Å². The highest BCUT2D eigenvalue weighted by Crippen LogP contribution is 2.50. The Morgan fingerprint density at radius 2 is 2.16 bits per heavy atom. The third kappa shape index (κ3) is 1.57.